The van der Waals surface area contributed by atoms with E-state index in [1.165, 1.54) is 17.9 Å². The topological polar surface area (TPSA) is 125 Å². The van der Waals surface area contributed by atoms with Crippen LogP contribution in [0.2, 0.25) is 0 Å². The molecule has 5 aromatic rings. The molecule has 0 bridgehead atoms. The number of esters is 1. The van der Waals surface area contributed by atoms with Gasteiger partial charge in [-0.1, -0.05) is 17.3 Å². The molecule has 0 atom stereocenters. The molecular weight excluding hydrogens is 541 g/mol. The lowest BCUT2D eigenvalue weighted by Crippen LogP contribution is -2.30. The van der Waals surface area contributed by atoms with E-state index in [1.54, 1.807) is 21.8 Å². The molecule has 4 heterocycles. The molecule has 218 valence electrons. The van der Waals surface area contributed by atoms with Crippen LogP contribution < -0.4 is 5.32 Å². The first-order chi connectivity index (χ1) is 20.3. The van der Waals surface area contributed by atoms with Crippen LogP contribution in [0.5, 0.6) is 0 Å². The number of aryl methyl sites for hydroxylation is 1. The maximum Gasteiger partial charge on any atom is 0.327 e. The van der Waals surface area contributed by atoms with E-state index in [0.29, 0.717) is 11.3 Å². The fourth-order valence-corrected chi connectivity index (χ4v) is 5.62. The molecule has 0 aliphatic carbocycles. The number of likely N-dealkylation sites (tertiary alicyclic amines) is 1. The molecule has 0 radical (unpaired) electrons. The van der Waals surface area contributed by atoms with E-state index >= 15 is 4.39 Å². The zero-order chi connectivity index (χ0) is 29.4. The number of hydrogen-bond donors (Lipinski definition) is 1. The summed E-state index contributed by atoms with van der Waals surface area (Å²) >= 11 is 0. The first-order valence-corrected chi connectivity index (χ1v) is 13.8. The van der Waals surface area contributed by atoms with E-state index in [4.69, 9.17) is 5.10 Å². The average Bonchev–Trinajstić information content (AvgIpc) is 3.69. The van der Waals surface area contributed by atoms with Crippen molar-refractivity contribution in [2.45, 2.75) is 38.4 Å². The number of ether oxygens (including phenoxy) is 1. The molecule has 12 nitrogen and oxygen atoms in total. The summed E-state index contributed by atoms with van der Waals surface area (Å²) < 4.78 is 25.0. The Bertz CT molecular complexity index is 1780. The van der Waals surface area contributed by atoms with Crippen molar-refractivity contribution in [3.05, 3.63) is 59.9 Å². The number of amides is 1. The van der Waals surface area contributed by atoms with Crippen LogP contribution >= 0.6 is 0 Å². The highest BCUT2D eigenvalue weighted by Crippen LogP contribution is 2.39. The van der Waals surface area contributed by atoms with Crippen molar-refractivity contribution in [3.8, 4) is 11.1 Å². The largest absolute Gasteiger partial charge is 0.468 e. The van der Waals surface area contributed by atoms with Gasteiger partial charge < -0.3 is 15.0 Å². The van der Waals surface area contributed by atoms with Crippen molar-refractivity contribution in [2.75, 3.05) is 27.2 Å². The first-order valence-electron chi connectivity index (χ1n) is 13.8. The minimum Gasteiger partial charge on any atom is -0.468 e. The van der Waals surface area contributed by atoms with E-state index in [9.17, 15) is 9.59 Å². The van der Waals surface area contributed by atoms with E-state index < -0.39 is 5.97 Å². The van der Waals surface area contributed by atoms with E-state index in [1.807, 2.05) is 31.3 Å². The molecule has 0 unspecified atom stereocenters. The summed E-state index contributed by atoms with van der Waals surface area (Å²) in [6.45, 7) is 1.93. The fraction of sp³-hybridized carbons (Fsp3) is 0.379. The summed E-state index contributed by atoms with van der Waals surface area (Å²) in [5.74, 6) is -0.851. The maximum atomic E-state index is 15.6. The van der Waals surface area contributed by atoms with Gasteiger partial charge in [0.15, 0.2) is 0 Å². The van der Waals surface area contributed by atoms with Gasteiger partial charge in [0.05, 0.1) is 42.8 Å². The Hall–Kier alpha value is -4.65. The highest BCUT2D eigenvalue weighted by atomic mass is 19.1. The third-order valence-corrected chi connectivity index (χ3v) is 7.90. The highest BCUT2D eigenvalue weighted by molar-refractivity contribution is 5.99. The Morgan fingerprint density at radius 1 is 1.10 bits per heavy atom. The number of nitrogens with zero attached hydrogens (tertiary/aromatic N) is 8. The molecule has 42 heavy (non-hydrogen) atoms. The van der Waals surface area contributed by atoms with Gasteiger partial charge in [-0.15, -0.1) is 5.10 Å². The number of carbonyl (C=O) groups excluding carboxylic acids is 2. The number of carbonyl (C=O) groups is 2. The van der Waals surface area contributed by atoms with Crippen LogP contribution in [0.25, 0.3) is 32.9 Å². The van der Waals surface area contributed by atoms with Crippen LogP contribution in [-0.4, -0.2) is 78.6 Å². The molecule has 1 saturated heterocycles. The number of benzene rings is 2. The smallest absolute Gasteiger partial charge is 0.327 e. The predicted octanol–water partition coefficient (Wildman–Crippen LogP) is 2.62. The van der Waals surface area contributed by atoms with Gasteiger partial charge in [0.25, 0.3) is 0 Å². The lowest BCUT2D eigenvalue weighted by Gasteiger charge is -2.28. The van der Waals surface area contributed by atoms with Gasteiger partial charge >= 0.3 is 5.97 Å². The van der Waals surface area contributed by atoms with Crippen molar-refractivity contribution >= 4 is 33.7 Å². The second kappa shape index (κ2) is 11.3. The molecule has 1 fully saturated rings. The van der Waals surface area contributed by atoms with Gasteiger partial charge in [0.2, 0.25) is 5.91 Å². The Balaban J connectivity index is 1.32. The number of methoxy groups -OCH3 is 1. The van der Waals surface area contributed by atoms with Crippen LogP contribution in [0.4, 0.5) is 4.39 Å². The molecule has 3 aromatic heterocycles. The quantitative estimate of drug-likeness (QED) is 0.281. The maximum absolute atomic E-state index is 15.6. The zero-order valence-electron chi connectivity index (χ0n) is 23.7. The van der Waals surface area contributed by atoms with Crippen molar-refractivity contribution < 1.29 is 18.7 Å². The van der Waals surface area contributed by atoms with Gasteiger partial charge in [-0.3, -0.25) is 19.0 Å². The van der Waals surface area contributed by atoms with Gasteiger partial charge in [-0.2, -0.15) is 10.2 Å². The van der Waals surface area contributed by atoms with E-state index in [0.717, 1.165) is 59.0 Å². The minimum atomic E-state index is -0.444. The summed E-state index contributed by atoms with van der Waals surface area (Å²) in [6.07, 6.45) is 5.09. The molecule has 13 heteroatoms. The van der Waals surface area contributed by atoms with Crippen LogP contribution in [0.1, 0.15) is 30.1 Å². The lowest BCUT2D eigenvalue weighted by atomic mass is 9.89. The summed E-state index contributed by atoms with van der Waals surface area (Å²) in [5, 5.41) is 21.6. The lowest BCUT2D eigenvalue weighted by molar-refractivity contribution is -0.141. The van der Waals surface area contributed by atoms with Crippen molar-refractivity contribution in [2.24, 2.45) is 7.05 Å². The second-order valence-corrected chi connectivity index (χ2v) is 10.7. The molecule has 1 aliphatic rings. The third kappa shape index (κ3) is 5.34. The van der Waals surface area contributed by atoms with E-state index in [2.05, 4.69) is 37.4 Å². The standard InChI is InChI=1S/C29H32FN9O3/c1-36-9-7-18(8-10-36)29-28-21(22-12-25-19(11-23(22)30)13-32-37(25)2)5-4-6-24(28)39(34-29)16-26(40)31-14-20-15-38(35-33-20)17-27(41)42-3/h4-6,11-13,15,18H,7-10,14,16-17H2,1-3H3,(H,31,40). The van der Waals surface area contributed by atoms with Gasteiger partial charge in [-0.05, 0) is 56.7 Å². The number of aromatic nitrogens is 7. The van der Waals surface area contributed by atoms with Crippen LogP contribution in [0.15, 0.2) is 42.7 Å². The van der Waals surface area contributed by atoms with Crippen LogP contribution in [0, 0.1) is 5.82 Å². The number of rotatable bonds is 8. The number of hydrogen-bond acceptors (Lipinski definition) is 8. The van der Waals surface area contributed by atoms with Gasteiger partial charge in [0.1, 0.15) is 24.6 Å². The van der Waals surface area contributed by atoms with Gasteiger partial charge in [-0.25, -0.2) is 9.07 Å². The fourth-order valence-electron chi connectivity index (χ4n) is 5.62. The summed E-state index contributed by atoms with van der Waals surface area (Å²) in [6, 6.07) is 9.08. The molecule has 1 aliphatic heterocycles. The zero-order valence-corrected chi connectivity index (χ0v) is 23.7. The molecule has 0 spiro atoms. The van der Waals surface area contributed by atoms with Crippen molar-refractivity contribution in [1.82, 2.24) is 44.8 Å². The Morgan fingerprint density at radius 3 is 2.69 bits per heavy atom. The van der Waals surface area contributed by atoms with E-state index in [-0.39, 0.29) is 37.3 Å². The van der Waals surface area contributed by atoms with Gasteiger partial charge in [0, 0.05) is 29.3 Å². The van der Waals surface area contributed by atoms with Crippen molar-refractivity contribution in [3.63, 3.8) is 0 Å². The minimum absolute atomic E-state index is 0.0217. The van der Waals surface area contributed by atoms with Crippen LogP contribution in [-0.2, 0) is 41.0 Å². The summed E-state index contributed by atoms with van der Waals surface area (Å²) in [5.41, 5.74) is 4.22. The first kappa shape index (κ1) is 27.5. The van der Waals surface area contributed by atoms with Crippen molar-refractivity contribution in [1.29, 1.82) is 0 Å². The number of fused-ring (bicyclic) bond motifs is 2. The number of piperidine rings is 1. The molecule has 1 N–H and O–H groups in total. The Kier molecular flexibility index (Phi) is 7.42. The predicted molar refractivity (Wildman–Crippen MR) is 153 cm³/mol. The molecule has 1 amide bonds. The normalized spacial score (nSPS) is 14.6. The SMILES string of the molecule is COC(=O)Cn1cc(CNC(=O)Cn2nc(C3CCN(C)CC3)c3c(-c4cc5c(cnn5C)cc4F)cccc32)nn1. The number of halogens is 1. The molecule has 0 saturated carbocycles. The summed E-state index contributed by atoms with van der Waals surface area (Å²) in [4.78, 5) is 26.8. The molecular formula is C29H32FN9O3. The number of nitrogens with one attached hydrogen (secondary N) is 1. The average molecular weight is 574 g/mol. The summed E-state index contributed by atoms with van der Waals surface area (Å²) in [7, 11) is 5.25. The third-order valence-electron chi connectivity index (χ3n) is 7.90. The monoisotopic (exact) mass is 573 g/mol. The Morgan fingerprint density at radius 2 is 1.90 bits per heavy atom. The molecule has 6 rings (SSSR count). The van der Waals surface area contributed by atoms with Crippen LogP contribution in [0.3, 0.4) is 0 Å². The second-order valence-electron chi connectivity index (χ2n) is 10.7. The molecule has 2 aromatic carbocycles. The Labute approximate surface area is 241 Å². The highest BCUT2D eigenvalue weighted by Gasteiger charge is 2.27.